The number of allylic oxidation sites excluding steroid dienone is 3. The summed E-state index contributed by atoms with van der Waals surface area (Å²) in [5.41, 5.74) is 2.46. The molecule has 0 amide bonds. The van der Waals surface area contributed by atoms with Crippen LogP contribution in [0.3, 0.4) is 0 Å². The van der Waals surface area contributed by atoms with Crippen LogP contribution in [0.5, 0.6) is 23.0 Å². The lowest BCUT2D eigenvalue weighted by Gasteiger charge is -2.29. The topological polar surface area (TPSA) is 91.3 Å². The average molecular weight is 541 g/mol. The predicted molar refractivity (Wildman–Crippen MR) is 152 cm³/mol. The number of phenols is 1. The Kier molecular flexibility index (Phi) is 8.74. The van der Waals surface area contributed by atoms with Gasteiger partial charge in [-0.05, 0) is 23.8 Å². The molecular weight excluding hydrogens is 508 g/mol. The van der Waals surface area contributed by atoms with Crippen molar-refractivity contribution in [1.82, 2.24) is 0 Å². The number of aromatic hydroxyl groups is 1. The SMILES string of the molecule is C=CC(c1ccccc1O)c1cc(OC(c2ccccc2)C(C)C2=CC(=O)C(OC)=CC2=O)c(OC)cc1OC. The van der Waals surface area contributed by atoms with Crippen molar-refractivity contribution < 1.29 is 33.6 Å². The second-order valence-electron chi connectivity index (χ2n) is 9.30. The maximum absolute atomic E-state index is 13.0. The first kappa shape index (κ1) is 28.2. The van der Waals surface area contributed by atoms with E-state index in [9.17, 15) is 14.7 Å². The van der Waals surface area contributed by atoms with E-state index in [0.717, 1.165) is 5.56 Å². The number of carbonyl (C=O) groups excluding carboxylic acids is 2. The van der Waals surface area contributed by atoms with Gasteiger partial charge in [-0.1, -0.05) is 61.5 Å². The molecule has 0 fully saturated rings. The molecule has 0 saturated heterocycles. The molecule has 1 N–H and O–H groups in total. The zero-order valence-electron chi connectivity index (χ0n) is 22.9. The molecule has 3 aromatic carbocycles. The Bertz CT molecular complexity index is 1470. The highest BCUT2D eigenvalue weighted by atomic mass is 16.5. The lowest BCUT2D eigenvalue weighted by Crippen LogP contribution is -2.25. The molecule has 7 heteroatoms. The first-order valence-corrected chi connectivity index (χ1v) is 12.8. The van der Waals surface area contributed by atoms with Crippen LogP contribution in [0.4, 0.5) is 0 Å². The van der Waals surface area contributed by atoms with Crippen molar-refractivity contribution in [3.8, 4) is 23.0 Å². The van der Waals surface area contributed by atoms with E-state index in [0.29, 0.717) is 33.9 Å². The van der Waals surface area contributed by atoms with Crippen molar-refractivity contribution in [3.63, 3.8) is 0 Å². The summed E-state index contributed by atoms with van der Waals surface area (Å²) in [6, 6.07) is 20.0. The van der Waals surface area contributed by atoms with Crippen LogP contribution in [0.25, 0.3) is 0 Å². The Morgan fingerprint density at radius 2 is 1.45 bits per heavy atom. The van der Waals surface area contributed by atoms with Gasteiger partial charge in [0.15, 0.2) is 23.0 Å². The van der Waals surface area contributed by atoms with Gasteiger partial charge < -0.3 is 24.1 Å². The highest BCUT2D eigenvalue weighted by molar-refractivity contribution is 6.19. The van der Waals surface area contributed by atoms with Crippen LogP contribution in [-0.2, 0) is 14.3 Å². The van der Waals surface area contributed by atoms with Crippen molar-refractivity contribution in [2.75, 3.05) is 21.3 Å². The largest absolute Gasteiger partial charge is 0.508 e. The van der Waals surface area contributed by atoms with Crippen LogP contribution in [0.15, 0.2) is 103 Å². The summed E-state index contributed by atoms with van der Waals surface area (Å²) in [7, 11) is 4.44. The second kappa shape index (κ2) is 12.4. The van der Waals surface area contributed by atoms with Gasteiger partial charge in [0.25, 0.3) is 0 Å². The van der Waals surface area contributed by atoms with Crippen LogP contribution >= 0.6 is 0 Å². The molecule has 0 bridgehead atoms. The van der Waals surface area contributed by atoms with Crippen LogP contribution < -0.4 is 14.2 Å². The minimum atomic E-state index is -0.663. The average Bonchev–Trinajstić information content (AvgIpc) is 2.98. The lowest BCUT2D eigenvalue weighted by molar-refractivity contribution is -0.117. The Morgan fingerprint density at radius 3 is 2.08 bits per heavy atom. The lowest BCUT2D eigenvalue weighted by atomic mass is 9.85. The van der Waals surface area contributed by atoms with Gasteiger partial charge in [0.2, 0.25) is 5.78 Å². The van der Waals surface area contributed by atoms with Gasteiger partial charge in [0.1, 0.15) is 17.6 Å². The van der Waals surface area contributed by atoms with Gasteiger partial charge >= 0.3 is 0 Å². The van der Waals surface area contributed by atoms with Gasteiger partial charge in [0.05, 0.1) is 21.3 Å². The minimum Gasteiger partial charge on any atom is -0.508 e. The molecule has 0 heterocycles. The molecule has 0 saturated carbocycles. The summed E-state index contributed by atoms with van der Waals surface area (Å²) in [6.07, 6.45) is 3.58. The molecule has 0 radical (unpaired) electrons. The molecule has 40 heavy (non-hydrogen) atoms. The zero-order chi connectivity index (χ0) is 28.8. The Hall–Kier alpha value is -4.78. The number of ketones is 2. The molecule has 0 spiro atoms. The van der Waals surface area contributed by atoms with E-state index in [1.807, 2.05) is 49.4 Å². The van der Waals surface area contributed by atoms with Gasteiger partial charge in [-0.3, -0.25) is 9.59 Å². The van der Waals surface area contributed by atoms with Crippen molar-refractivity contribution in [2.24, 2.45) is 5.92 Å². The summed E-state index contributed by atoms with van der Waals surface area (Å²) < 4.78 is 23.1. The van der Waals surface area contributed by atoms with Gasteiger partial charge in [-0.2, -0.15) is 0 Å². The quantitative estimate of drug-likeness (QED) is 0.232. The molecule has 1 aliphatic carbocycles. The maximum Gasteiger partial charge on any atom is 0.220 e. The Morgan fingerprint density at radius 1 is 0.775 bits per heavy atom. The molecule has 206 valence electrons. The van der Waals surface area contributed by atoms with Crippen LogP contribution in [0, 0.1) is 5.92 Å². The summed E-state index contributed by atoms with van der Waals surface area (Å²) in [5.74, 6) is -0.181. The number of benzene rings is 3. The number of methoxy groups -OCH3 is 3. The molecule has 7 nitrogen and oxygen atoms in total. The van der Waals surface area contributed by atoms with Gasteiger partial charge in [-0.25, -0.2) is 0 Å². The minimum absolute atomic E-state index is 0.000716. The van der Waals surface area contributed by atoms with Crippen molar-refractivity contribution in [2.45, 2.75) is 18.9 Å². The summed E-state index contributed by atoms with van der Waals surface area (Å²) >= 11 is 0. The molecule has 3 unspecified atom stereocenters. The number of para-hydroxylation sites is 1. The summed E-state index contributed by atoms with van der Waals surface area (Å²) in [5, 5.41) is 10.6. The molecule has 3 aromatic rings. The second-order valence-corrected chi connectivity index (χ2v) is 9.30. The molecule has 4 rings (SSSR count). The third kappa shape index (κ3) is 5.64. The molecule has 3 atom stereocenters. The number of rotatable bonds is 11. The zero-order valence-corrected chi connectivity index (χ0v) is 22.9. The van der Waals surface area contributed by atoms with Gasteiger partial charge in [-0.15, -0.1) is 6.58 Å². The molecule has 0 aliphatic heterocycles. The number of hydrogen-bond donors (Lipinski definition) is 1. The van der Waals surface area contributed by atoms with E-state index in [2.05, 4.69) is 6.58 Å². The Balaban J connectivity index is 1.82. The smallest absolute Gasteiger partial charge is 0.220 e. The normalized spacial score (nSPS) is 15.3. The Labute approximate surface area is 234 Å². The van der Waals surface area contributed by atoms with Crippen LogP contribution in [0.1, 0.15) is 35.6 Å². The monoisotopic (exact) mass is 540 g/mol. The third-order valence-corrected chi connectivity index (χ3v) is 6.98. The fourth-order valence-corrected chi connectivity index (χ4v) is 4.87. The highest BCUT2D eigenvalue weighted by Crippen LogP contribution is 2.45. The molecular formula is C33H32O7. The van der Waals surface area contributed by atoms with Crippen LogP contribution in [-0.4, -0.2) is 38.0 Å². The van der Waals surface area contributed by atoms with Crippen molar-refractivity contribution in [3.05, 3.63) is 120 Å². The van der Waals surface area contributed by atoms with Crippen molar-refractivity contribution >= 4 is 11.6 Å². The predicted octanol–water partition coefficient (Wildman–Crippen LogP) is 6.09. The first-order chi connectivity index (χ1) is 19.3. The standard InChI is InChI=1S/C33H32O7/c1-6-22(23-14-10-11-15-26(23)34)25-17-32(31(39-5)19-29(25)37-3)40-33(21-12-8-7-9-13-21)20(2)24-16-28(36)30(38-4)18-27(24)35/h6-20,22,33-34H,1H2,2-5H3. The molecule has 0 aromatic heterocycles. The van der Waals surface area contributed by atoms with E-state index in [-0.39, 0.29) is 23.1 Å². The van der Waals surface area contributed by atoms with Crippen LogP contribution in [0.2, 0.25) is 0 Å². The first-order valence-electron chi connectivity index (χ1n) is 12.8. The third-order valence-electron chi connectivity index (χ3n) is 6.98. The van der Waals surface area contributed by atoms with E-state index in [4.69, 9.17) is 18.9 Å². The number of phenolic OH excluding ortho intramolecular Hbond substituents is 1. The summed E-state index contributed by atoms with van der Waals surface area (Å²) in [6.45, 7) is 5.84. The number of ether oxygens (including phenoxy) is 4. The van der Waals surface area contributed by atoms with E-state index in [1.54, 1.807) is 37.5 Å². The molecule has 1 aliphatic rings. The van der Waals surface area contributed by atoms with E-state index in [1.165, 1.54) is 26.4 Å². The highest BCUT2D eigenvalue weighted by Gasteiger charge is 2.33. The fraction of sp³-hybridized carbons (Fsp3) is 0.212. The number of carbonyl (C=O) groups is 2. The maximum atomic E-state index is 13.0. The van der Waals surface area contributed by atoms with Crippen molar-refractivity contribution in [1.29, 1.82) is 0 Å². The number of hydrogen-bond acceptors (Lipinski definition) is 7. The van der Waals surface area contributed by atoms with Gasteiger partial charge in [0, 0.05) is 40.7 Å². The van der Waals surface area contributed by atoms with E-state index < -0.39 is 17.9 Å². The summed E-state index contributed by atoms with van der Waals surface area (Å²) in [4.78, 5) is 25.6. The fourth-order valence-electron chi connectivity index (χ4n) is 4.87. The van der Waals surface area contributed by atoms with E-state index >= 15 is 0 Å².